The molecule has 1 aromatic carbocycles. The molecule has 5 nitrogen and oxygen atoms in total. The van der Waals surface area contributed by atoms with Crippen molar-refractivity contribution in [3.8, 4) is 0 Å². The Kier molecular flexibility index (Phi) is 6.54. The molecule has 4 atom stereocenters. The number of nitrogens with two attached hydrogens (primary N) is 1. The van der Waals surface area contributed by atoms with Crippen LogP contribution in [0.5, 0.6) is 0 Å². The van der Waals surface area contributed by atoms with Crippen LogP contribution in [-0.4, -0.2) is 52.7 Å². The number of ether oxygens (including phenoxy) is 1. The number of hydrogen-bond donors (Lipinski definition) is 1. The summed E-state index contributed by atoms with van der Waals surface area (Å²) in [4.78, 5) is 2.02. The van der Waals surface area contributed by atoms with Gasteiger partial charge in [-0.1, -0.05) is 12.1 Å². The average molecular weight is 362 g/mol. The van der Waals surface area contributed by atoms with Crippen molar-refractivity contribution in [1.82, 2.24) is 0 Å². The normalized spacial score (nSPS) is 26.9. The summed E-state index contributed by atoms with van der Waals surface area (Å²) in [6, 6.07) is 7.97. The van der Waals surface area contributed by atoms with Gasteiger partial charge in [0.25, 0.3) is 0 Å². The van der Waals surface area contributed by atoms with E-state index in [2.05, 4.69) is 0 Å². The van der Waals surface area contributed by atoms with Crippen molar-refractivity contribution in [2.45, 2.75) is 24.5 Å². The van der Waals surface area contributed by atoms with E-state index in [1.165, 1.54) is 7.11 Å². The Morgan fingerprint density at radius 3 is 2.57 bits per heavy atom. The smallest absolute Gasteiger partial charge is 0.193 e. The van der Waals surface area contributed by atoms with Crippen molar-refractivity contribution in [2.75, 3.05) is 39.3 Å². The lowest BCUT2D eigenvalue weighted by Crippen LogP contribution is -2.35. The zero-order chi connectivity index (χ0) is 17.0. The van der Waals surface area contributed by atoms with E-state index < -0.39 is 24.9 Å². The number of nitrogens with zero attached hydrogens (tertiary/aromatic N) is 1. The highest BCUT2D eigenvalue weighted by Crippen LogP contribution is 2.53. The molecule has 130 valence electrons. The summed E-state index contributed by atoms with van der Waals surface area (Å²) in [6.45, 7) is -2.47. The molecule has 1 aliphatic rings. The van der Waals surface area contributed by atoms with E-state index in [-0.39, 0.29) is 13.2 Å². The Morgan fingerprint density at radius 2 is 2.04 bits per heavy atom. The standard InChI is InChI=1S/C15H24FN2O3PS/c1-18(2)12-6-4-11(5-7-12)10-22(23,19-3)21-15-13(16)9-20-14(15)8-17/h4-7,13-15H,8-10,17H2,1-3H3/t13?,14?,15?,22-/m1/s1. The Bertz CT molecular complexity index is 558. The van der Waals surface area contributed by atoms with Gasteiger partial charge >= 0.3 is 0 Å². The van der Waals surface area contributed by atoms with Crippen LogP contribution in [0.15, 0.2) is 24.3 Å². The van der Waals surface area contributed by atoms with Crippen molar-refractivity contribution >= 4 is 24.0 Å². The van der Waals surface area contributed by atoms with Crippen LogP contribution in [0.3, 0.4) is 0 Å². The highest BCUT2D eigenvalue weighted by Gasteiger charge is 2.41. The molecular formula is C15H24FN2O3PS. The van der Waals surface area contributed by atoms with Crippen molar-refractivity contribution < 1.29 is 18.2 Å². The van der Waals surface area contributed by atoms with Crippen molar-refractivity contribution in [3.63, 3.8) is 0 Å². The molecule has 3 unspecified atom stereocenters. The summed E-state index contributed by atoms with van der Waals surface area (Å²) in [5.74, 6) is 0. The Balaban J connectivity index is 2.09. The lowest BCUT2D eigenvalue weighted by Gasteiger charge is -2.27. The quantitative estimate of drug-likeness (QED) is 0.751. The molecule has 1 aromatic rings. The van der Waals surface area contributed by atoms with Crippen LogP contribution in [0.4, 0.5) is 10.1 Å². The van der Waals surface area contributed by atoms with Crippen LogP contribution in [0.25, 0.3) is 0 Å². The van der Waals surface area contributed by atoms with E-state index in [1.54, 1.807) is 0 Å². The Hall–Kier alpha value is -0.560. The van der Waals surface area contributed by atoms with E-state index in [9.17, 15) is 4.39 Å². The van der Waals surface area contributed by atoms with E-state index in [0.29, 0.717) is 6.16 Å². The topological polar surface area (TPSA) is 57.0 Å². The summed E-state index contributed by atoms with van der Waals surface area (Å²) < 4.78 is 30.6. The van der Waals surface area contributed by atoms with Gasteiger partial charge in [0.15, 0.2) is 12.7 Å². The monoisotopic (exact) mass is 362 g/mol. The van der Waals surface area contributed by atoms with Crippen molar-refractivity contribution in [1.29, 1.82) is 0 Å². The number of hydrogen-bond acceptors (Lipinski definition) is 6. The second-order valence-corrected chi connectivity index (χ2v) is 9.49. The molecule has 0 saturated carbocycles. The molecule has 1 saturated heterocycles. The van der Waals surface area contributed by atoms with Gasteiger partial charge in [-0.15, -0.1) is 0 Å². The van der Waals surface area contributed by atoms with Gasteiger partial charge in [-0.3, -0.25) is 0 Å². The third-order valence-electron chi connectivity index (χ3n) is 3.81. The maximum absolute atomic E-state index is 14.0. The van der Waals surface area contributed by atoms with E-state index in [0.717, 1.165) is 11.3 Å². The third kappa shape index (κ3) is 4.72. The predicted molar refractivity (Wildman–Crippen MR) is 94.3 cm³/mol. The summed E-state index contributed by atoms with van der Waals surface area (Å²) in [5, 5.41) is 0. The van der Waals surface area contributed by atoms with Crippen LogP contribution in [0.2, 0.25) is 0 Å². The number of anilines is 1. The maximum Gasteiger partial charge on any atom is 0.193 e. The molecule has 0 radical (unpaired) electrons. The van der Waals surface area contributed by atoms with E-state index >= 15 is 0 Å². The van der Waals surface area contributed by atoms with Gasteiger partial charge in [-0.05, 0) is 29.5 Å². The minimum atomic E-state index is -2.65. The molecular weight excluding hydrogens is 338 g/mol. The molecule has 2 rings (SSSR count). The second-order valence-electron chi connectivity index (χ2n) is 5.71. The molecule has 0 bridgehead atoms. The fourth-order valence-electron chi connectivity index (χ4n) is 2.43. The lowest BCUT2D eigenvalue weighted by molar-refractivity contribution is 0.0550. The van der Waals surface area contributed by atoms with Gasteiger partial charge in [0.05, 0.1) is 12.7 Å². The van der Waals surface area contributed by atoms with Crippen molar-refractivity contribution in [2.24, 2.45) is 5.73 Å². The molecule has 0 aliphatic carbocycles. The molecule has 1 aliphatic heterocycles. The molecule has 23 heavy (non-hydrogen) atoms. The van der Waals surface area contributed by atoms with Crippen LogP contribution < -0.4 is 10.6 Å². The minimum absolute atomic E-state index is 0.0108. The van der Waals surface area contributed by atoms with Gasteiger partial charge in [0.2, 0.25) is 0 Å². The van der Waals surface area contributed by atoms with Gasteiger partial charge in [0, 0.05) is 39.6 Å². The van der Waals surface area contributed by atoms with Gasteiger partial charge in [-0.2, -0.15) is 0 Å². The molecule has 0 amide bonds. The largest absolute Gasteiger partial charge is 0.378 e. The van der Waals surface area contributed by atoms with Crippen LogP contribution in [-0.2, 0) is 31.8 Å². The summed E-state index contributed by atoms with van der Waals surface area (Å²) >= 11 is 5.55. The van der Waals surface area contributed by atoms with Gasteiger partial charge < -0.3 is 24.4 Å². The predicted octanol–water partition coefficient (Wildman–Crippen LogP) is 2.29. The molecule has 2 N–H and O–H groups in total. The first kappa shape index (κ1) is 18.8. The first-order valence-corrected chi connectivity index (χ1v) is 10.3. The zero-order valence-corrected chi connectivity index (χ0v) is 15.4. The fraction of sp³-hybridized carbons (Fsp3) is 0.600. The van der Waals surface area contributed by atoms with Crippen LogP contribution >= 0.6 is 6.49 Å². The molecule has 8 heteroatoms. The molecule has 0 spiro atoms. The Labute approximate surface area is 142 Å². The summed E-state index contributed by atoms with van der Waals surface area (Å²) in [6.07, 6.45) is -2.02. The lowest BCUT2D eigenvalue weighted by atomic mass is 10.2. The number of benzene rings is 1. The van der Waals surface area contributed by atoms with E-state index in [4.69, 9.17) is 31.3 Å². The second kappa shape index (κ2) is 8.01. The van der Waals surface area contributed by atoms with Gasteiger partial charge in [-0.25, -0.2) is 4.39 Å². The minimum Gasteiger partial charge on any atom is -0.378 e. The first-order valence-electron chi connectivity index (χ1n) is 7.43. The average Bonchev–Trinajstić information content (AvgIpc) is 2.88. The van der Waals surface area contributed by atoms with Crippen LogP contribution in [0.1, 0.15) is 5.56 Å². The number of halogens is 1. The number of rotatable bonds is 7. The summed E-state index contributed by atoms with van der Waals surface area (Å²) in [7, 11) is 5.47. The zero-order valence-electron chi connectivity index (χ0n) is 13.6. The van der Waals surface area contributed by atoms with Crippen LogP contribution in [0, 0.1) is 0 Å². The fourth-order valence-corrected chi connectivity index (χ4v) is 4.76. The molecule has 1 fully saturated rings. The third-order valence-corrected chi connectivity index (χ3v) is 6.78. The van der Waals surface area contributed by atoms with Gasteiger partial charge in [0.1, 0.15) is 6.10 Å². The Morgan fingerprint density at radius 1 is 1.39 bits per heavy atom. The maximum atomic E-state index is 14.0. The molecule has 0 aromatic heterocycles. The summed E-state index contributed by atoms with van der Waals surface area (Å²) in [5.41, 5.74) is 7.70. The van der Waals surface area contributed by atoms with E-state index in [1.807, 2.05) is 43.3 Å². The highest BCUT2D eigenvalue weighted by atomic mass is 32.5. The highest BCUT2D eigenvalue weighted by molar-refractivity contribution is 8.09. The number of alkyl halides is 1. The van der Waals surface area contributed by atoms with Crippen molar-refractivity contribution in [3.05, 3.63) is 29.8 Å². The SMILES string of the molecule is CO[P@](=S)(Cc1ccc(N(C)C)cc1)OC1C(F)COC1CN. The molecule has 1 heterocycles. The first-order chi connectivity index (χ1) is 10.9.